The number of hydrogen-bond acceptors (Lipinski definition) is 4. The van der Waals surface area contributed by atoms with Gasteiger partial charge in [0.05, 0.1) is 21.2 Å². The lowest BCUT2D eigenvalue weighted by Crippen LogP contribution is -2.52. The summed E-state index contributed by atoms with van der Waals surface area (Å²) in [5.74, 6) is -1.05. The second-order valence-corrected chi connectivity index (χ2v) is 12.3. The van der Waals surface area contributed by atoms with Gasteiger partial charge in [0, 0.05) is 13.1 Å². The molecular weight excluding hydrogens is 591 g/mol. The molecule has 0 bridgehead atoms. The zero-order valence-corrected chi connectivity index (χ0v) is 25.0. The quantitative estimate of drug-likeness (QED) is 0.263. The van der Waals surface area contributed by atoms with Crippen molar-refractivity contribution in [1.29, 1.82) is 0 Å². The minimum Gasteiger partial charge on any atom is -0.354 e. The summed E-state index contributed by atoms with van der Waals surface area (Å²) in [6, 6.07) is 17.6. The molecule has 0 heterocycles. The summed E-state index contributed by atoms with van der Waals surface area (Å²) >= 11 is 5.80. The van der Waals surface area contributed by atoms with Crippen LogP contribution in [0.4, 0.5) is 18.9 Å². The zero-order valence-electron chi connectivity index (χ0n) is 23.4. The highest BCUT2D eigenvalue weighted by molar-refractivity contribution is 7.92. The first-order valence-corrected chi connectivity index (χ1v) is 15.1. The van der Waals surface area contributed by atoms with Crippen LogP contribution < -0.4 is 9.62 Å². The molecule has 12 heteroatoms. The van der Waals surface area contributed by atoms with Crippen LogP contribution in [0.1, 0.15) is 38.3 Å². The molecule has 0 saturated carbocycles. The van der Waals surface area contributed by atoms with Gasteiger partial charge < -0.3 is 10.2 Å². The van der Waals surface area contributed by atoms with E-state index in [0.29, 0.717) is 22.5 Å². The fourth-order valence-corrected chi connectivity index (χ4v) is 5.91. The van der Waals surface area contributed by atoms with Gasteiger partial charge in [0.1, 0.15) is 12.6 Å². The number of sulfonamides is 1. The molecule has 0 aliphatic rings. The Kier molecular flexibility index (Phi) is 11.0. The van der Waals surface area contributed by atoms with Crippen molar-refractivity contribution in [2.45, 2.75) is 50.9 Å². The maximum absolute atomic E-state index is 14.0. The third kappa shape index (κ3) is 8.25. The minimum absolute atomic E-state index is 0.0269. The van der Waals surface area contributed by atoms with Gasteiger partial charge in [-0.05, 0) is 48.2 Å². The number of hydrogen-bond donors (Lipinski definition) is 1. The van der Waals surface area contributed by atoms with Crippen molar-refractivity contribution in [3.63, 3.8) is 0 Å². The summed E-state index contributed by atoms with van der Waals surface area (Å²) in [7, 11) is -4.53. The topological polar surface area (TPSA) is 86.8 Å². The average Bonchev–Trinajstić information content (AvgIpc) is 2.95. The first-order chi connectivity index (χ1) is 19.8. The molecule has 7 nitrogen and oxygen atoms in total. The smallest absolute Gasteiger partial charge is 0.354 e. The highest BCUT2D eigenvalue weighted by Gasteiger charge is 2.37. The van der Waals surface area contributed by atoms with Crippen LogP contribution in [0, 0.1) is 5.92 Å². The summed E-state index contributed by atoms with van der Waals surface area (Å²) < 4.78 is 69.5. The number of nitrogens with zero attached hydrogens (tertiary/aromatic N) is 2. The molecule has 1 N–H and O–H groups in total. The van der Waals surface area contributed by atoms with Crippen molar-refractivity contribution in [3.05, 3.63) is 95.0 Å². The fourth-order valence-electron chi connectivity index (χ4n) is 4.26. The van der Waals surface area contributed by atoms with Gasteiger partial charge in [-0.25, -0.2) is 8.42 Å². The van der Waals surface area contributed by atoms with Crippen molar-refractivity contribution in [3.8, 4) is 0 Å². The highest BCUT2D eigenvalue weighted by atomic mass is 35.5. The highest BCUT2D eigenvalue weighted by Crippen LogP contribution is 2.38. The van der Waals surface area contributed by atoms with Crippen LogP contribution in [0.5, 0.6) is 0 Å². The lowest BCUT2D eigenvalue weighted by molar-refractivity contribution is -0.140. The van der Waals surface area contributed by atoms with Crippen LogP contribution in [-0.4, -0.2) is 44.3 Å². The molecule has 0 unspecified atom stereocenters. The molecule has 0 aliphatic carbocycles. The molecule has 0 radical (unpaired) electrons. The van der Waals surface area contributed by atoms with E-state index in [-0.39, 0.29) is 23.8 Å². The van der Waals surface area contributed by atoms with Crippen molar-refractivity contribution < 1.29 is 31.2 Å². The van der Waals surface area contributed by atoms with Crippen LogP contribution in [0.2, 0.25) is 5.02 Å². The lowest BCUT2D eigenvalue weighted by atomic mass is 10.1. The Labute approximate surface area is 249 Å². The number of carbonyl (C=O) groups is 2. The summed E-state index contributed by atoms with van der Waals surface area (Å²) in [5.41, 5.74) is -0.965. The van der Waals surface area contributed by atoms with E-state index in [2.05, 4.69) is 5.32 Å². The average molecular weight is 624 g/mol. The predicted octanol–water partition coefficient (Wildman–Crippen LogP) is 6.13. The van der Waals surface area contributed by atoms with Gasteiger partial charge in [0.2, 0.25) is 11.8 Å². The Morgan fingerprint density at radius 3 is 2.10 bits per heavy atom. The molecule has 226 valence electrons. The van der Waals surface area contributed by atoms with E-state index in [1.54, 1.807) is 43.3 Å². The van der Waals surface area contributed by atoms with Gasteiger partial charge in [-0.3, -0.25) is 13.9 Å². The second kappa shape index (κ2) is 14.1. The van der Waals surface area contributed by atoms with Crippen LogP contribution >= 0.6 is 11.6 Å². The normalized spacial score (nSPS) is 12.6. The van der Waals surface area contributed by atoms with Crippen molar-refractivity contribution in [1.82, 2.24) is 10.2 Å². The van der Waals surface area contributed by atoms with Crippen LogP contribution in [0.15, 0.2) is 83.8 Å². The Bertz CT molecular complexity index is 1470. The number of alkyl halides is 3. The molecule has 3 aromatic rings. The first kappa shape index (κ1) is 32.9. The first-order valence-electron chi connectivity index (χ1n) is 13.3. The molecule has 0 aromatic heterocycles. The standard InChI is InChI=1S/C30H33ClF3N3O4S/c1-4-27(29(39)35-18-21(2)3)36(19-22-11-7-5-8-12-22)28(38)20-37(42(40,41)24-13-9-6-10-14-24)23-15-16-26(31)25(17-23)30(32,33)34/h5-17,21,27H,4,18-20H2,1-3H3,(H,35,39)/t27-/m1/s1. The van der Waals surface area contributed by atoms with E-state index < -0.39 is 56.9 Å². The third-order valence-electron chi connectivity index (χ3n) is 6.42. The molecule has 2 amide bonds. The van der Waals surface area contributed by atoms with Gasteiger partial charge in [0.25, 0.3) is 10.0 Å². The predicted molar refractivity (Wildman–Crippen MR) is 156 cm³/mol. The van der Waals surface area contributed by atoms with E-state index in [4.69, 9.17) is 11.6 Å². The molecule has 3 rings (SSSR count). The van der Waals surface area contributed by atoms with Crippen LogP contribution in [0.3, 0.4) is 0 Å². The zero-order chi connectivity index (χ0) is 31.1. The Hall–Kier alpha value is -3.57. The fraction of sp³-hybridized carbons (Fsp3) is 0.333. The molecular formula is C30H33ClF3N3O4S. The second-order valence-electron chi connectivity index (χ2n) is 10.1. The van der Waals surface area contributed by atoms with Gasteiger partial charge in [0.15, 0.2) is 0 Å². The monoisotopic (exact) mass is 623 g/mol. The van der Waals surface area contributed by atoms with Crippen molar-refractivity contribution >= 4 is 39.1 Å². The summed E-state index contributed by atoms with van der Waals surface area (Å²) in [6.07, 6.45) is -4.66. The van der Waals surface area contributed by atoms with Gasteiger partial charge >= 0.3 is 6.18 Å². The van der Waals surface area contributed by atoms with Crippen LogP contribution in [-0.2, 0) is 32.3 Å². The molecule has 0 spiro atoms. The van der Waals surface area contributed by atoms with E-state index in [9.17, 15) is 31.2 Å². The van der Waals surface area contributed by atoms with E-state index >= 15 is 0 Å². The maximum Gasteiger partial charge on any atom is 0.417 e. The third-order valence-corrected chi connectivity index (χ3v) is 8.54. The maximum atomic E-state index is 14.0. The number of halogens is 4. The number of anilines is 1. The molecule has 0 aliphatic heterocycles. The lowest BCUT2D eigenvalue weighted by Gasteiger charge is -2.33. The number of benzene rings is 3. The summed E-state index contributed by atoms with van der Waals surface area (Å²) in [5, 5.41) is 2.20. The summed E-state index contributed by atoms with van der Waals surface area (Å²) in [6.45, 7) is 5.03. The molecule has 3 aromatic carbocycles. The summed E-state index contributed by atoms with van der Waals surface area (Å²) in [4.78, 5) is 28.2. The van der Waals surface area contributed by atoms with Gasteiger partial charge in [-0.15, -0.1) is 0 Å². The molecule has 1 atom stereocenters. The van der Waals surface area contributed by atoms with Gasteiger partial charge in [-0.2, -0.15) is 13.2 Å². The van der Waals surface area contributed by atoms with Crippen molar-refractivity contribution in [2.24, 2.45) is 5.92 Å². The minimum atomic E-state index is -4.87. The molecule has 0 saturated heterocycles. The molecule has 0 fully saturated rings. The van der Waals surface area contributed by atoms with Crippen molar-refractivity contribution in [2.75, 3.05) is 17.4 Å². The van der Waals surface area contributed by atoms with E-state index in [1.165, 1.54) is 29.2 Å². The number of amides is 2. The SMILES string of the molecule is CC[C@H](C(=O)NCC(C)C)N(Cc1ccccc1)C(=O)CN(c1ccc(Cl)c(C(F)(F)F)c1)S(=O)(=O)c1ccccc1. The Morgan fingerprint density at radius 2 is 1.55 bits per heavy atom. The van der Waals surface area contributed by atoms with E-state index in [0.717, 1.165) is 12.1 Å². The number of carbonyl (C=O) groups excluding carboxylic acids is 2. The molecule has 42 heavy (non-hydrogen) atoms. The number of nitrogens with one attached hydrogen (secondary N) is 1. The Morgan fingerprint density at radius 1 is 0.952 bits per heavy atom. The van der Waals surface area contributed by atoms with E-state index in [1.807, 2.05) is 13.8 Å². The largest absolute Gasteiger partial charge is 0.417 e. The Balaban J connectivity index is 2.11. The van der Waals surface area contributed by atoms with Crippen LogP contribution in [0.25, 0.3) is 0 Å². The van der Waals surface area contributed by atoms with Gasteiger partial charge in [-0.1, -0.05) is 80.9 Å². The number of rotatable bonds is 12.